The number of ketones is 1. The first-order valence-electron chi connectivity index (χ1n) is 10.1. The summed E-state index contributed by atoms with van der Waals surface area (Å²) < 4.78 is 6.70. The highest BCUT2D eigenvalue weighted by Crippen LogP contribution is 2.35. The Kier molecular flexibility index (Phi) is 6.33. The number of Topliss-reactive ketones (excluding diaryl/α,β-unsaturated/α-hetero) is 1. The Balaban J connectivity index is 2.05. The molecular formula is C23H28N2O4. The molecule has 0 bridgehead atoms. The van der Waals surface area contributed by atoms with Gasteiger partial charge in [-0.05, 0) is 42.9 Å². The molecule has 0 saturated carbocycles. The van der Waals surface area contributed by atoms with Crippen LogP contribution in [0.4, 0.5) is 0 Å². The van der Waals surface area contributed by atoms with Gasteiger partial charge in [-0.2, -0.15) is 0 Å². The zero-order valence-corrected chi connectivity index (χ0v) is 17.3. The summed E-state index contributed by atoms with van der Waals surface area (Å²) in [6.07, 6.45) is 3.16. The number of aromatic nitrogens is 1. The van der Waals surface area contributed by atoms with Gasteiger partial charge in [-0.15, -0.1) is 0 Å². The number of para-hydroxylation sites is 1. The molecular weight excluding hydrogens is 368 g/mol. The van der Waals surface area contributed by atoms with Gasteiger partial charge < -0.3 is 10.1 Å². The number of pyridine rings is 1. The molecule has 1 amide bonds. The lowest BCUT2D eigenvalue weighted by molar-refractivity contribution is 0.0908. The van der Waals surface area contributed by atoms with Gasteiger partial charge in [0.05, 0.1) is 0 Å². The predicted molar refractivity (Wildman–Crippen MR) is 112 cm³/mol. The number of rotatable bonds is 7. The number of hydrogen-bond acceptors (Lipinski definition) is 4. The minimum Gasteiger partial charge on any atom is -0.382 e. The van der Waals surface area contributed by atoms with Crippen molar-refractivity contribution in [3.63, 3.8) is 0 Å². The Morgan fingerprint density at radius 2 is 1.90 bits per heavy atom. The predicted octanol–water partition coefficient (Wildman–Crippen LogP) is 3.15. The SMILES string of the molecule is CCOCCCNC(=O)c1c2c(cn(-c3ccccc3)c1=O)C(=O)CC(C)(C)C2. The molecule has 0 spiro atoms. The molecule has 3 rings (SSSR count). The molecule has 0 unspecified atom stereocenters. The van der Waals surface area contributed by atoms with Crippen molar-refractivity contribution >= 4 is 11.7 Å². The molecule has 0 saturated heterocycles. The van der Waals surface area contributed by atoms with E-state index in [1.54, 1.807) is 18.3 Å². The van der Waals surface area contributed by atoms with Gasteiger partial charge in [0.2, 0.25) is 0 Å². The largest absolute Gasteiger partial charge is 0.382 e. The van der Waals surface area contributed by atoms with Crippen molar-refractivity contribution in [2.45, 2.75) is 40.0 Å². The molecule has 29 heavy (non-hydrogen) atoms. The van der Waals surface area contributed by atoms with Crippen LogP contribution < -0.4 is 10.9 Å². The Hall–Kier alpha value is -2.73. The van der Waals surface area contributed by atoms with Gasteiger partial charge in [0.25, 0.3) is 11.5 Å². The van der Waals surface area contributed by atoms with E-state index in [9.17, 15) is 14.4 Å². The molecule has 0 aliphatic heterocycles. The minimum atomic E-state index is -0.432. The monoisotopic (exact) mass is 396 g/mol. The first-order valence-corrected chi connectivity index (χ1v) is 10.1. The second-order valence-electron chi connectivity index (χ2n) is 8.15. The number of carbonyl (C=O) groups is 2. The van der Waals surface area contributed by atoms with Crippen LogP contribution in [0.15, 0.2) is 41.3 Å². The quantitative estimate of drug-likeness (QED) is 0.730. The molecule has 1 aliphatic rings. The van der Waals surface area contributed by atoms with E-state index in [2.05, 4.69) is 5.32 Å². The number of benzene rings is 1. The van der Waals surface area contributed by atoms with Crippen molar-refractivity contribution < 1.29 is 14.3 Å². The van der Waals surface area contributed by atoms with Crippen molar-refractivity contribution in [3.05, 3.63) is 63.6 Å². The minimum absolute atomic E-state index is 0.0358. The lowest BCUT2D eigenvalue weighted by atomic mass is 9.73. The topological polar surface area (TPSA) is 77.4 Å². The maximum Gasteiger partial charge on any atom is 0.268 e. The second-order valence-corrected chi connectivity index (χ2v) is 8.15. The molecule has 0 radical (unpaired) electrons. The van der Waals surface area contributed by atoms with E-state index in [1.165, 1.54) is 4.57 Å². The average molecular weight is 396 g/mol. The average Bonchev–Trinajstić information content (AvgIpc) is 2.67. The number of fused-ring (bicyclic) bond motifs is 1. The Labute approximate surface area is 170 Å². The lowest BCUT2D eigenvalue weighted by Crippen LogP contribution is -2.39. The van der Waals surface area contributed by atoms with Crippen LogP contribution in [0.25, 0.3) is 5.69 Å². The molecule has 154 valence electrons. The third-order valence-corrected chi connectivity index (χ3v) is 5.13. The highest BCUT2D eigenvalue weighted by molar-refractivity contribution is 6.04. The lowest BCUT2D eigenvalue weighted by Gasteiger charge is -2.31. The number of amides is 1. The van der Waals surface area contributed by atoms with E-state index in [0.29, 0.717) is 55.8 Å². The van der Waals surface area contributed by atoms with Crippen LogP contribution in [0.3, 0.4) is 0 Å². The molecule has 1 aromatic heterocycles. The third kappa shape index (κ3) is 4.65. The highest BCUT2D eigenvalue weighted by Gasteiger charge is 2.35. The first-order chi connectivity index (χ1) is 13.8. The van der Waals surface area contributed by atoms with Gasteiger partial charge in [0, 0.05) is 43.6 Å². The zero-order valence-electron chi connectivity index (χ0n) is 17.3. The standard InChI is InChI=1S/C23H28N2O4/c1-4-29-12-8-11-24-21(27)20-17-13-23(2,3)14-19(26)18(17)15-25(22(20)28)16-9-6-5-7-10-16/h5-7,9-10,15H,4,8,11-14H2,1-3H3,(H,24,27). The van der Waals surface area contributed by atoms with E-state index >= 15 is 0 Å². The maximum absolute atomic E-state index is 13.3. The molecule has 1 aromatic carbocycles. The molecule has 1 N–H and O–H groups in total. The summed E-state index contributed by atoms with van der Waals surface area (Å²) in [7, 11) is 0. The zero-order chi connectivity index (χ0) is 21.0. The maximum atomic E-state index is 13.3. The molecule has 0 atom stereocenters. The van der Waals surface area contributed by atoms with E-state index < -0.39 is 11.5 Å². The molecule has 1 heterocycles. The fourth-order valence-electron chi connectivity index (χ4n) is 3.77. The van der Waals surface area contributed by atoms with E-state index in [-0.39, 0.29) is 16.8 Å². The van der Waals surface area contributed by atoms with E-state index in [0.717, 1.165) is 0 Å². The normalized spacial score (nSPS) is 15.1. The van der Waals surface area contributed by atoms with Gasteiger partial charge >= 0.3 is 0 Å². The summed E-state index contributed by atoms with van der Waals surface area (Å²) in [4.78, 5) is 39.1. The number of ether oxygens (including phenoxy) is 1. The Bertz CT molecular complexity index is 961. The molecule has 2 aromatic rings. The third-order valence-electron chi connectivity index (χ3n) is 5.13. The highest BCUT2D eigenvalue weighted by atomic mass is 16.5. The van der Waals surface area contributed by atoms with Gasteiger partial charge in [0.1, 0.15) is 5.56 Å². The summed E-state index contributed by atoms with van der Waals surface area (Å²) in [5.41, 5.74) is 1.03. The summed E-state index contributed by atoms with van der Waals surface area (Å²) in [5, 5.41) is 2.83. The van der Waals surface area contributed by atoms with Crippen molar-refractivity contribution in [2.75, 3.05) is 19.8 Å². The van der Waals surface area contributed by atoms with Crippen molar-refractivity contribution in [1.29, 1.82) is 0 Å². The summed E-state index contributed by atoms with van der Waals surface area (Å²) >= 11 is 0. The van der Waals surface area contributed by atoms with Crippen molar-refractivity contribution in [3.8, 4) is 5.69 Å². The fraction of sp³-hybridized carbons (Fsp3) is 0.435. The molecule has 6 heteroatoms. The van der Waals surface area contributed by atoms with Gasteiger partial charge in [-0.3, -0.25) is 19.0 Å². The molecule has 0 fully saturated rings. The molecule has 6 nitrogen and oxygen atoms in total. The number of carbonyl (C=O) groups excluding carboxylic acids is 2. The van der Waals surface area contributed by atoms with Crippen molar-refractivity contribution in [2.24, 2.45) is 5.41 Å². The number of hydrogen-bond donors (Lipinski definition) is 1. The second kappa shape index (κ2) is 8.74. The van der Waals surface area contributed by atoms with Crippen LogP contribution in [0.5, 0.6) is 0 Å². The van der Waals surface area contributed by atoms with Crippen LogP contribution in [0, 0.1) is 5.41 Å². The fourth-order valence-corrected chi connectivity index (χ4v) is 3.77. The van der Waals surface area contributed by atoms with Crippen molar-refractivity contribution in [1.82, 2.24) is 9.88 Å². The first kappa shape index (κ1) is 21.0. The van der Waals surface area contributed by atoms with Gasteiger partial charge in [-0.25, -0.2) is 0 Å². The number of nitrogens with zero attached hydrogens (tertiary/aromatic N) is 1. The Morgan fingerprint density at radius 3 is 2.59 bits per heavy atom. The van der Waals surface area contributed by atoms with Gasteiger partial charge in [-0.1, -0.05) is 32.0 Å². The summed E-state index contributed by atoms with van der Waals surface area (Å²) in [6.45, 7) is 7.47. The van der Waals surface area contributed by atoms with Gasteiger partial charge in [0.15, 0.2) is 5.78 Å². The summed E-state index contributed by atoms with van der Waals surface area (Å²) in [6, 6.07) is 9.06. The summed E-state index contributed by atoms with van der Waals surface area (Å²) in [5.74, 6) is -0.468. The van der Waals surface area contributed by atoms with Crippen LogP contribution in [0.2, 0.25) is 0 Å². The molecule has 1 aliphatic carbocycles. The van der Waals surface area contributed by atoms with E-state index in [1.807, 2.05) is 39.0 Å². The Morgan fingerprint density at radius 1 is 1.17 bits per heavy atom. The van der Waals surface area contributed by atoms with Crippen LogP contribution in [-0.2, 0) is 11.2 Å². The van der Waals surface area contributed by atoms with Crippen LogP contribution >= 0.6 is 0 Å². The van der Waals surface area contributed by atoms with Crippen LogP contribution in [0.1, 0.15) is 59.9 Å². The smallest absolute Gasteiger partial charge is 0.268 e. The van der Waals surface area contributed by atoms with Crippen LogP contribution in [-0.4, -0.2) is 36.0 Å². The van der Waals surface area contributed by atoms with E-state index in [4.69, 9.17) is 4.74 Å². The number of nitrogens with one attached hydrogen (secondary N) is 1.